The Morgan fingerprint density at radius 2 is 1.87 bits per heavy atom. The number of nitrogens with one attached hydrogen (secondary N) is 1. The first-order valence-electron chi connectivity index (χ1n) is 4.21. The van der Waals surface area contributed by atoms with Crippen LogP contribution in [0.15, 0.2) is 19.5 Å². The molecule has 15 heavy (non-hydrogen) atoms. The van der Waals surface area contributed by atoms with Gasteiger partial charge in [-0.25, -0.2) is 0 Å². The monoisotopic (exact) mass is 419 g/mol. The van der Waals surface area contributed by atoms with E-state index in [2.05, 4.69) is 53.1 Å². The van der Waals surface area contributed by atoms with Crippen LogP contribution in [0.1, 0.15) is 18.0 Å². The van der Waals surface area contributed by atoms with Crippen molar-refractivity contribution < 1.29 is 5.11 Å². The van der Waals surface area contributed by atoms with Crippen LogP contribution >= 0.6 is 60.2 Å². The molecule has 1 fully saturated rings. The lowest BCUT2D eigenvalue weighted by Crippen LogP contribution is -2.35. The lowest BCUT2D eigenvalue weighted by Gasteiger charge is -2.30. The molecule has 0 amide bonds. The van der Waals surface area contributed by atoms with Crippen LogP contribution in [0.25, 0.3) is 0 Å². The number of aromatic hydroxyl groups is 1. The maximum absolute atomic E-state index is 9.74. The van der Waals surface area contributed by atoms with E-state index in [9.17, 15) is 5.11 Å². The van der Waals surface area contributed by atoms with E-state index in [0.29, 0.717) is 10.5 Å². The van der Waals surface area contributed by atoms with Crippen LogP contribution in [0, 0.1) is 0 Å². The molecule has 0 bridgehead atoms. The van der Waals surface area contributed by atoms with Gasteiger partial charge in [0, 0.05) is 16.1 Å². The molecule has 1 saturated heterocycles. The van der Waals surface area contributed by atoms with E-state index in [0.717, 1.165) is 27.5 Å². The first kappa shape index (κ1) is 13.8. The van der Waals surface area contributed by atoms with Gasteiger partial charge in [-0.1, -0.05) is 15.9 Å². The summed E-state index contributed by atoms with van der Waals surface area (Å²) in [5.74, 6) is 0.261. The Morgan fingerprint density at radius 3 is 2.33 bits per heavy atom. The highest BCUT2D eigenvalue weighted by Gasteiger charge is 2.25. The van der Waals surface area contributed by atoms with Crippen molar-refractivity contribution in [2.45, 2.75) is 12.5 Å². The smallest absolute Gasteiger partial charge is 0.144 e. The number of hydrogen-bond donors (Lipinski definition) is 2. The summed E-state index contributed by atoms with van der Waals surface area (Å²) >= 11 is 10.2. The number of phenolic OH excluding ortho intramolecular Hbond substituents is 1. The van der Waals surface area contributed by atoms with Crippen LogP contribution in [0.5, 0.6) is 5.75 Å². The number of hydrogen-bond acceptors (Lipinski definition) is 2. The van der Waals surface area contributed by atoms with Gasteiger partial charge in [-0.05, 0) is 50.9 Å². The Kier molecular flexibility index (Phi) is 4.92. The fourth-order valence-corrected chi connectivity index (χ4v) is 4.12. The van der Waals surface area contributed by atoms with Crippen molar-refractivity contribution in [1.82, 2.24) is 5.32 Å². The minimum absolute atomic E-state index is 0. The van der Waals surface area contributed by atoms with Crippen LogP contribution in [0.3, 0.4) is 0 Å². The third-order valence-electron chi connectivity index (χ3n) is 2.35. The van der Waals surface area contributed by atoms with Gasteiger partial charge in [0.25, 0.3) is 0 Å². The zero-order valence-corrected chi connectivity index (χ0v) is 13.1. The van der Waals surface area contributed by atoms with Gasteiger partial charge < -0.3 is 10.4 Å². The third kappa shape index (κ3) is 2.52. The molecule has 0 radical (unpaired) electrons. The van der Waals surface area contributed by atoms with Crippen LogP contribution in [0.4, 0.5) is 0 Å². The van der Waals surface area contributed by atoms with Gasteiger partial charge in [-0.15, -0.1) is 12.4 Å². The summed E-state index contributed by atoms with van der Waals surface area (Å²) in [5.41, 5.74) is 1.09. The number of halogens is 4. The van der Waals surface area contributed by atoms with Gasteiger partial charge in [-0.2, -0.15) is 0 Å². The molecule has 2 nitrogen and oxygen atoms in total. The van der Waals surface area contributed by atoms with E-state index >= 15 is 0 Å². The molecule has 2 N–H and O–H groups in total. The molecule has 6 heteroatoms. The van der Waals surface area contributed by atoms with Gasteiger partial charge >= 0.3 is 0 Å². The van der Waals surface area contributed by atoms with Crippen molar-refractivity contribution in [2.24, 2.45) is 0 Å². The summed E-state index contributed by atoms with van der Waals surface area (Å²) in [7, 11) is 0. The van der Waals surface area contributed by atoms with Crippen molar-refractivity contribution >= 4 is 60.2 Å². The van der Waals surface area contributed by atoms with Crippen LogP contribution in [-0.4, -0.2) is 11.7 Å². The largest absolute Gasteiger partial charge is 0.506 e. The first-order valence-corrected chi connectivity index (χ1v) is 6.59. The van der Waals surface area contributed by atoms with Crippen molar-refractivity contribution in [3.05, 3.63) is 25.0 Å². The topological polar surface area (TPSA) is 32.3 Å². The predicted octanol–water partition coefficient (Wildman–Crippen LogP) is 4.14. The average Bonchev–Trinajstić information content (AvgIpc) is 2.05. The van der Waals surface area contributed by atoms with Crippen molar-refractivity contribution in [3.63, 3.8) is 0 Å². The minimum atomic E-state index is 0. The quantitative estimate of drug-likeness (QED) is 0.713. The Hall–Kier alpha value is 0.710. The van der Waals surface area contributed by atoms with Crippen molar-refractivity contribution in [3.8, 4) is 5.75 Å². The standard InChI is InChI=1S/C9H8Br3NO.ClH/c10-4-3-5(11)9(14)8(12)7(4)6-1-2-13-6;/h3,6,13-14H,1-2H2;1H/t6-;/m0./s1. The number of phenols is 1. The van der Waals surface area contributed by atoms with Crippen LogP contribution in [0.2, 0.25) is 0 Å². The van der Waals surface area contributed by atoms with Gasteiger partial charge in [0.05, 0.1) is 8.95 Å². The minimum Gasteiger partial charge on any atom is -0.506 e. The zero-order chi connectivity index (χ0) is 10.3. The molecule has 0 aromatic heterocycles. The normalized spacial score (nSPS) is 19.3. The molecular formula is C9H9Br3ClNO. The SMILES string of the molecule is Cl.Oc1c(Br)cc(Br)c([C@@H]2CCN2)c1Br. The van der Waals surface area contributed by atoms with Crippen LogP contribution in [-0.2, 0) is 0 Å². The molecule has 2 rings (SSSR count). The zero-order valence-electron chi connectivity index (χ0n) is 7.56. The highest BCUT2D eigenvalue weighted by molar-refractivity contribution is 9.11. The van der Waals surface area contributed by atoms with Gasteiger partial charge in [0.2, 0.25) is 0 Å². The third-order valence-corrected chi connectivity index (χ3v) is 4.42. The second-order valence-electron chi connectivity index (χ2n) is 3.21. The molecule has 0 aliphatic carbocycles. The summed E-state index contributed by atoms with van der Waals surface area (Å²) < 4.78 is 2.46. The van der Waals surface area contributed by atoms with Gasteiger partial charge in [0.1, 0.15) is 5.75 Å². The molecular weight excluding hydrogens is 413 g/mol. The highest BCUT2D eigenvalue weighted by Crippen LogP contribution is 2.43. The second kappa shape index (κ2) is 5.36. The van der Waals surface area contributed by atoms with E-state index in [4.69, 9.17) is 0 Å². The van der Waals surface area contributed by atoms with Crippen LogP contribution < -0.4 is 5.32 Å². The predicted molar refractivity (Wildman–Crippen MR) is 73.8 cm³/mol. The fraction of sp³-hybridized carbons (Fsp3) is 0.333. The molecule has 1 heterocycles. The highest BCUT2D eigenvalue weighted by atomic mass is 79.9. The van der Waals surface area contributed by atoms with Crippen molar-refractivity contribution in [1.29, 1.82) is 0 Å². The Bertz CT molecular complexity index is 382. The summed E-state index contributed by atoms with van der Waals surface area (Å²) in [5, 5.41) is 13.0. The second-order valence-corrected chi connectivity index (χ2v) is 5.71. The molecule has 0 spiro atoms. The first-order chi connectivity index (χ1) is 6.61. The molecule has 84 valence electrons. The molecule has 1 aliphatic heterocycles. The van der Waals surface area contributed by atoms with E-state index in [-0.39, 0.29) is 18.2 Å². The van der Waals surface area contributed by atoms with E-state index < -0.39 is 0 Å². The molecule has 0 saturated carbocycles. The van der Waals surface area contributed by atoms with E-state index in [1.807, 2.05) is 6.07 Å². The Balaban J connectivity index is 0.00000112. The number of rotatable bonds is 1. The fourth-order valence-electron chi connectivity index (χ4n) is 1.45. The Morgan fingerprint density at radius 1 is 1.27 bits per heavy atom. The lowest BCUT2D eigenvalue weighted by molar-refractivity contribution is 0.377. The summed E-state index contributed by atoms with van der Waals surface area (Å²) in [4.78, 5) is 0. The van der Waals surface area contributed by atoms with E-state index in [1.165, 1.54) is 0 Å². The van der Waals surface area contributed by atoms with Gasteiger partial charge in [0.15, 0.2) is 0 Å². The molecule has 1 atom stereocenters. The molecule has 1 aromatic rings. The van der Waals surface area contributed by atoms with Gasteiger partial charge in [-0.3, -0.25) is 0 Å². The average molecular weight is 422 g/mol. The van der Waals surface area contributed by atoms with Crippen molar-refractivity contribution in [2.75, 3.05) is 6.54 Å². The summed E-state index contributed by atoms with van der Waals surface area (Å²) in [6.07, 6.45) is 1.11. The maximum Gasteiger partial charge on any atom is 0.144 e. The Labute approximate surface area is 120 Å². The molecule has 1 aliphatic rings. The van der Waals surface area contributed by atoms with E-state index in [1.54, 1.807) is 0 Å². The lowest BCUT2D eigenvalue weighted by atomic mass is 9.98. The molecule has 0 unspecified atom stereocenters. The summed E-state index contributed by atoms with van der Waals surface area (Å²) in [6.45, 7) is 1.04. The maximum atomic E-state index is 9.74. The summed E-state index contributed by atoms with van der Waals surface area (Å²) in [6, 6.07) is 2.22. The molecule has 1 aromatic carbocycles. The number of benzene rings is 1.